The molecular weight excluding hydrogens is 333 g/mol. The van der Waals surface area contributed by atoms with Crippen LogP contribution in [0.3, 0.4) is 0 Å². The van der Waals surface area contributed by atoms with Crippen molar-refractivity contribution in [3.8, 4) is 0 Å². The van der Waals surface area contributed by atoms with Gasteiger partial charge in [-0.1, -0.05) is 19.6 Å². The number of aryl methyl sites for hydroxylation is 1. The number of hydrogen-bond acceptors (Lipinski definition) is 4. The van der Waals surface area contributed by atoms with Crippen LogP contribution in [0, 0.1) is 0 Å². The van der Waals surface area contributed by atoms with Crippen molar-refractivity contribution in [2.75, 3.05) is 10.6 Å². The molecule has 1 amide bonds. The molecule has 2 aromatic rings. The van der Waals surface area contributed by atoms with Gasteiger partial charge in [0.2, 0.25) is 5.91 Å². The molecule has 0 unspecified atom stereocenters. The molecule has 1 aromatic heterocycles. The quantitative estimate of drug-likeness (QED) is 0.762. The minimum absolute atomic E-state index is 0.321. The summed E-state index contributed by atoms with van der Waals surface area (Å²) in [6, 6.07) is 6.29. The predicted molar refractivity (Wildman–Crippen MR) is 89.6 cm³/mol. The van der Waals surface area contributed by atoms with Gasteiger partial charge in [-0.3, -0.25) is 4.79 Å². The minimum atomic E-state index is -4.58. The number of carbonyl (C=O) groups excluding carboxylic acids is 1. The number of rotatable bonds is 6. The molecule has 0 aliphatic heterocycles. The fourth-order valence-corrected chi connectivity index (χ4v) is 2.07. The van der Waals surface area contributed by atoms with Crippen LogP contribution in [0.25, 0.3) is 0 Å². The lowest BCUT2D eigenvalue weighted by atomic mass is 10.2. The number of aromatic nitrogens is 2. The molecule has 0 aliphatic carbocycles. The SMILES string of the molecule is C=CC(=O)Nc1cccc(Nc2nc(CCC)ncc2C(F)(F)F)c1. The highest BCUT2D eigenvalue weighted by Gasteiger charge is 2.35. The lowest BCUT2D eigenvalue weighted by molar-refractivity contribution is -0.137. The standard InChI is InChI=1S/C17H17F3N4O/c1-3-6-14-21-10-13(17(18,19)20)16(24-14)23-12-8-5-7-11(9-12)22-15(25)4-2/h4-5,7-10H,2-3,6H2,1H3,(H,22,25)(H,21,23,24). The second kappa shape index (κ2) is 7.78. The van der Waals surface area contributed by atoms with Gasteiger partial charge in [0, 0.05) is 24.0 Å². The normalized spacial score (nSPS) is 11.0. The Bertz CT molecular complexity index is 775. The van der Waals surface area contributed by atoms with Crippen molar-refractivity contribution in [1.29, 1.82) is 0 Å². The van der Waals surface area contributed by atoms with Crippen LogP contribution in [0.4, 0.5) is 30.4 Å². The second-order valence-corrected chi connectivity index (χ2v) is 5.20. The third kappa shape index (κ3) is 5.03. The molecule has 5 nitrogen and oxygen atoms in total. The van der Waals surface area contributed by atoms with Gasteiger partial charge in [0.15, 0.2) is 0 Å². The topological polar surface area (TPSA) is 66.9 Å². The maximum atomic E-state index is 13.2. The number of anilines is 3. The lowest BCUT2D eigenvalue weighted by Crippen LogP contribution is -2.13. The summed E-state index contributed by atoms with van der Waals surface area (Å²) in [5, 5.41) is 5.20. The largest absolute Gasteiger partial charge is 0.421 e. The summed E-state index contributed by atoms with van der Waals surface area (Å²) >= 11 is 0. The summed E-state index contributed by atoms with van der Waals surface area (Å²) in [5.74, 6) is -0.410. The van der Waals surface area contributed by atoms with Gasteiger partial charge in [0.05, 0.1) is 0 Å². The van der Waals surface area contributed by atoms with Crippen molar-refractivity contribution in [3.05, 3.63) is 54.5 Å². The number of benzene rings is 1. The van der Waals surface area contributed by atoms with Gasteiger partial charge in [-0.05, 0) is 30.7 Å². The molecule has 2 rings (SSSR count). The van der Waals surface area contributed by atoms with E-state index in [1.54, 1.807) is 18.2 Å². The molecule has 0 saturated heterocycles. The Kier molecular flexibility index (Phi) is 5.74. The van der Waals surface area contributed by atoms with E-state index in [9.17, 15) is 18.0 Å². The fraction of sp³-hybridized carbons (Fsp3) is 0.235. The minimum Gasteiger partial charge on any atom is -0.340 e. The molecule has 0 bridgehead atoms. The second-order valence-electron chi connectivity index (χ2n) is 5.20. The van der Waals surface area contributed by atoms with Crippen LogP contribution in [-0.4, -0.2) is 15.9 Å². The van der Waals surface area contributed by atoms with E-state index in [2.05, 4.69) is 27.2 Å². The van der Waals surface area contributed by atoms with E-state index in [-0.39, 0.29) is 5.82 Å². The third-order valence-electron chi connectivity index (χ3n) is 3.20. The summed E-state index contributed by atoms with van der Waals surface area (Å²) in [4.78, 5) is 19.1. The molecule has 2 N–H and O–H groups in total. The van der Waals surface area contributed by atoms with E-state index in [0.29, 0.717) is 30.0 Å². The van der Waals surface area contributed by atoms with Crippen LogP contribution in [0.15, 0.2) is 43.1 Å². The first-order valence-electron chi connectivity index (χ1n) is 7.57. The molecule has 25 heavy (non-hydrogen) atoms. The van der Waals surface area contributed by atoms with Crippen LogP contribution >= 0.6 is 0 Å². The Morgan fingerprint density at radius 2 is 2.04 bits per heavy atom. The maximum Gasteiger partial charge on any atom is 0.421 e. The van der Waals surface area contributed by atoms with E-state index in [1.165, 1.54) is 6.07 Å². The molecular formula is C17H17F3N4O. The molecule has 0 spiro atoms. The Hall–Kier alpha value is -2.90. The Morgan fingerprint density at radius 3 is 2.68 bits per heavy atom. The van der Waals surface area contributed by atoms with Crippen LogP contribution in [-0.2, 0) is 17.4 Å². The van der Waals surface area contributed by atoms with Crippen molar-refractivity contribution >= 4 is 23.1 Å². The Labute approximate surface area is 143 Å². The summed E-state index contributed by atoms with van der Waals surface area (Å²) in [6.45, 7) is 5.23. The molecule has 0 radical (unpaired) electrons. The average molecular weight is 350 g/mol. The van der Waals surface area contributed by atoms with E-state index < -0.39 is 17.6 Å². The third-order valence-corrected chi connectivity index (χ3v) is 3.20. The van der Waals surface area contributed by atoms with E-state index >= 15 is 0 Å². The van der Waals surface area contributed by atoms with E-state index in [1.807, 2.05) is 6.92 Å². The highest BCUT2D eigenvalue weighted by molar-refractivity contribution is 5.99. The van der Waals surface area contributed by atoms with Crippen LogP contribution in [0.1, 0.15) is 24.7 Å². The molecule has 8 heteroatoms. The fourth-order valence-electron chi connectivity index (χ4n) is 2.07. The van der Waals surface area contributed by atoms with Gasteiger partial charge < -0.3 is 10.6 Å². The number of carbonyl (C=O) groups is 1. The number of amides is 1. The van der Waals surface area contributed by atoms with Crippen molar-refractivity contribution in [2.24, 2.45) is 0 Å². The number of alkyl halides is 3. The van der Waals surface area contributed by atoms with Gasteiger partial charge >= 0.3 is 6.18 Å². The van der Waals surface area contributed by atoms with Crippen molar-refractivity contribution in [1.82, 2.24) is 9.97 Å². The molecule has 0 fully saturated rings. The maximum absolute atomic E-state index is 13.2. The average Bonchev–Trinajstić information content (AvgIpc) is 2.54. The predicted octanol–water partition coefficient (Wildman–Crippen LogP) is 4.32. The monoisotopic (exact) mass is 350 g/mol. The highest BCUT2D eigenvalue weighted by Crippen LogP contribution is 2.34. The number of halogens is 3. The van der Waals surface area contributed by atoms with Gasteiger partial charge in [-0.25, -0.2) is 9.97 Å². The van der Waals surface area contributed by atoms with Gasteiger partial charge in [0.1, 0.15) is 17.2 Å². The van der Waals surface area contributed by atoms with Crippen LogP contribution < -0.4 is 10.6 Å². The molecule has 0 atom stereocenters. The van der Waals surface area contributed by atoms with Crippen molar-refractivity contribution in [2.45, 2.75) is 25.9 Å². The molecule has 1 heterocycles. The summed E-state index contributed by atoms with van der Waals surface area (Å²) in [7, 11) is 0. The van der Waals surface area contributed by atoms with Gasteiger partial charge in [-0.15, -0.1) is 0 Å². The first-order chi connectivity index (χ1) is 11.8. The first-order valence-corrected chi connectivity index (χ1v) is 7.57. The molecule has 0 saturated carbocycles. The summed E-state index contributed by atoms with van der Waals surface area (Å²) in [6.07, 6.45) is -1.51. The summed E-state index contributed by atoms with van der Waals surface area (Å²) < 4.78 is 39.5. The first kappa shape index (κ1) is 18.4. The van der Waals surface area contributed by atoms with Crippen molar-refractivity contribution in [3.63, 3.8) is 0 Å². The summed E-state index contributed by atoms with van der Waals surface area (Å²) in [5.41, 5.74) is -0.173. The highest BCUT2D eigenvalue weighted by atomic mass is 19.4. The molecule has 1 aromatic carbocycles. The lowest BCUT2D eigenvalue weighted by Gasteiger charge is -2.15. The zero-order valence-corrected chi connectivity index (χ0v) is 13.5. The van der Waals surface area contributed by atoms with Crippen molar-refractivity contribution < 1.29 is 18.0 Å². The van der Waals surface area contributed by atoms with Gasteiger partial charge in [-0.2, -0.15) is 13.2 Å². The number of hydrogen-bond donors (Lipinski definition) is 2. The zero-order chi connectivity index (χ0) is 18.4. The zero-order valence-electron chi connectivity index (χ0n) is 13.5. The van der Waals surface area contributed by atoms with E-state index in [0.717, 1.165) is 12.3 Å². The molecule has 132 valence electrons. The number of nitrogens with zero attached hydrogens (tertiary/aromatic N) is 2. The van der Waals surface area contributed by atoms with Crippen LogP contribution in [0.2, 0.25) is 0 Å². The van der Waals surface area contributed by atoms with E-state index in [4.69, 9.17) is 0 Å². The Morgan fingerprint density at radius 1 is 1.32 bits per heavy atom. The number of nitrogens with one attached hydrogen (secondary N) is 2. The molecule has 0 aliphatic rings. The van der Waals surface area contributed by atoms with Crippen LogP contribution in [0.5, 0.6) is 0 Å². The Balaban J connectivity index is 2.34. The van der Waals surface area contributed by atoms with Gasteiger partial charge in [0.25, 0.3) is 0 Å². The smallest absolute Gasteiger partial charge is 0.340 e.